The lowest BCUT2D eigenvalue weighted by atomic mass is 10.2. The second-order valence-electron chi connectivity index (χ2n) is 6.88. The summed E-state index contributed by atoms with van der Waals surface area (Å²) in [4.78, 5) is 0. The minimum Gasteiger partial charge on any atom is -0.307 e. The van der Waals surface area contributed by atoms with Gasteiger partial charge in [-0.2, -0.15) is 21.6 Å². The summed E-state index contributed by atoms with van der Waals surface area (Å²) in [5, 5.41) is -0.621. The fraction of sp³-hybridized carbons (Fsp3) is 1.00. The maximum Gasteiger partial charge on any atom is 0.522 e. The lowest BCUT2D eigenvalue weighted by molar-refractivity contribution is -0.0506. The van der Waals surface area contributed by atoms with E-state index >= 15 is 0 Å². The van der Waals surface area contributed by atoms with Crippen molar-refractivity contribution in [3.63, 3.8) is 0 Å². The van der Waals surface area contributed by atoms with Crippen LogP contribution < -0.4 is 0 Å². The SMILES string of the molecule is CC(C)C[Si](OS(=O)(=O)C(F)(F)F)(C(C)C)C(C)(C)C. The molecular formula is C12H25F3O3SSi. The summed E-state index contributed by atoms with van der Waals surface area (Å²) in [6, 6.07) is 0.365. The minimum absolute atomic E-state index is 0.0618. The van der Waals surface area contributed by atoms with Crippen molar-refractivity contribution in [3.8, 4) is 0 Å². The van der Waals surface area contributed by atoms with E-state index in [1.165, 1.54) is 0 Å². The van der Waals surface area contributed by atoms with Gasteiger partial charge in [-0.25, -0.2) is 0 Å². The predicted molar refractivity (Wildman–Crippen MR) is 76.3 cm³/mol. The van der Waals surface area contributed by atoms with E-state index in [2.05, 4.69) is 0 Å². The monoisotopic (exact) mass is 334 g/mol. The van der Waals surface area contributed by atoms with Gasteiger partial charge in [-0.15, -0.1) is 0 Å². The zero-order valence-corrected chi connectivity index (χ0v) is 14.9. The van der Waals surface area contributed by atoms with Gasteiger partial charge < -0.3 is 3.87 Å². The average Bonchev–Trinajstić information content (AvgIpc) is 2.10. The predicted octanol–water partition coefficient (Wildman–Crippen LogP) is 4.66. The minimum atomic E-state index is -5.57. The topological polar surface area (TPSA) is 43.4 Å². The van der Waals surface area contributed by atoms with Crippen molar-refractivity contribution >= 4 is 18.4 Å². The summed E-state index contributed by atoms with van der Waals surface area (Å²) in [6.45, 7) is 12.5. The quantitative estimate of drug-likeness (QED) is 0.542. The van der Waals surface area contributed by atoms with Crippen molar-refractivity contribution in [1.29, 1.82) is 0 Å². The van der Waals surface area contributed by atoms with E-state index in [1.807, 2.05) is 13.8 Å². The molecule has 0 saturated carbocycles. The molecule has 1 unspecified atom stereocenters. The molecule has 0 rings (SSSR count). The van der Waals surface area contributed by atoms with Gasteiger partial charge in [-0.3, -0.25) is 0 Å². The number of hydrogen-bond acceptors (Lipinski definition) is 3. The molecule has 0 saturated heterocycles. The Balaban J connectivity index is 5.91. The fourth-order valence-corrected chi connectivity index (χ4v) is 10.5. The molecule has 8 heteroatoms. The van der Waals surface area contributed by atoms with Crippen LogP contribution in [-0.2, 0) is 14.0 Å². The molecule has 122 valence electrons. The van der Waals surface area contributed by atoms with Crippen molar-refractivity contribution < 1.29 is 25.5 Å². The first-order chi connectivity index (χ1) is 8.57. The molecule has 0 aliphatic rings. The third-order valence-corrected chi connectivity index (χ3v) is 11.9. The molecule has 0 spiro atoms. The Bertz CT molecular complexity index is 424. The van der Waals surface area contributed by atoms with E-state index in [9.17, 15) is 21.6 Å². The van der Waals surface area contributed by atoms with Gasteiger partial charge in [0.2, 0.25) is 8.32 Å². The van der Waals surface area contributed by atoms with Gasteiger partial charge in [0.25, 0.3) is 0 Å². The first-order valence-electron chi connectivity index (χ1n) is 6.59. The number of halogens is 3. The van der Waals surface area contributed by atoms with Gasteiger partial charge in [0, 0.05) is 0 Å². The van der Waals surface area contributed by atoms with Gasteiger partial charge in [0.1, 0.15) is 0 Å². The second-order valence-corrected chi connectivity index (χ2v) is 13.8. The highest BCUT2D eigenvalue weighted by molar-refractivity contribution is 7.88. The van der Waals surface area contributed by atoms with Crippen LogP contribution in [0.2, 0.25) is 16.6 Å². The number of rotatable bonds is 5. The van der Waals surface area contributed by atoms with Crippen LogP contribution >= 0.6 is 0 Å². The third kappa shape index (κ3) is 4.21. The molecule has 0 aliphatic heterocycles. The van der Waals surface area contributed by atoms with E-state index in [0.29, 0.717) is 6.04 Å². The molecule has 0 radical (unpaired) electrons. The Morgan fingerprint density at radius 2 is 1.45 bits per heavy atom. The highest BCUT2D eigenvalue weighted by Gasteiger charge is 2.58. The second kappa shape index (κ2) is 5.96. The van der Waals surface area contributed by atoms with Crippen molar-refractivity contribution in [2.75, 3.05) is 0 Å². The molecule has 0 aromatic carbocycles. The summed E-state index contributed by atoms with van der Waals surface area (Å²) in [5.74, 6) is 0.0618. The Kier molecular flexibility index (Phi) is 5.94. The summed E-state index contributed by atoms with van der Waals surface area (Å²) < 4.78 is 65.9. The van der Waals surface area contributed by atoms with Gasteiger partial charge in [0.15, 0.2) is 0 Å². The fourth-order valence-electron chi connectivity index (χ4n) is 2.51. The van der Waals surface area contributed by atoms with Crippen molar-refractivity contribution in [3.05, 3.63) is 0 Å². The molecule has 0 N–H and O–H groups in total. The molecule has 20 heavy (non-hydrogen) atoms. The Morgan fingerprint density at radius 1 is 1.05 bits per heavy atom. The van der Waals surface area contributed by atoms with Crippen LogP contribution in [0.1, 0.15) is 48.5 Å². The summed E-state index contributed by atoms with van der Waals surface area (Å²) in [7, 11) is -8.76. The van der Waals surface area contributed by atoms with Crippen LogP contribution in [0.5, 0.6) is 0 Å². The lowest BCUT2D eigenvalue weighted by Crippen LogP contribution is -2.53. The van der Waals surface area contributed by atoms with Crippen LogP contribution in [0.4, 0.5) is 13.2 Å². The van der Waals surface area contributed by atoms with E-state index in [4.69, 9.17) is 3.87 Å². The maximum atomic E-state index is 12.7. The zero-order chi connectivity index (χ0) is 16.6. The van der Waals surface area contributed by atoms with Gasteiger partial charge in [0.05, 0.1) is 0 Å². The number of alkyl halides is 3. The summed E-state index contributed by atoms with van der Waals surface area (Å²) >= 11 is 0. The van der Waals surface area contributed by atoms with Gasteiger partial charge >= 0.3 is 15.6 Å². The molecule has 0 aromatic rings. The molecular weight excluding hydrogens is 309 g/mol. The van der Waals surface area contributed by atoms with Crippen LogP contribution in [-0.4, -0.2) is 22.2 Å². The highest BCUT2D eigenvalue weighted by Crippen LogP contribution is 2.50. The average molecular weight is 334 g/mol. The van der Waals surface area contributed by atoms with Crippen LogP contribution in [0, 0.1) is 5.92 Å². The largest absolute Gasteiger partial charge is 0.522 e. The highest BCUT2D eigenvalue weighted by atomic mass is 32.2. The van der Waals surface area contributed by atoms with Crippen LogP contribution in [0.25, 0.3) is 0 Å². The zero-order valence-electron chi connectivity index (χ0n) is 13.1. The smallest absolute Gasteiger partial charge is 0.307 e. The normalized spacial score (nSPS) is 17.6. The van der Waals surface area contributed by atoms with E-state index in [1.54, 1.807) is 34.6 Å². The van der Waals surface area contributed by atoms with Gasteiger partial charge in [-0.1, -0.05) is 48.5 Å². The first kappa shape index (κ1) is 19.9. The molecule has 0 heterocycles. The molecule has 0 amide bonds. The standard InChI is InChI=1S/C12H25F3O3SSi/c1-9(2)8-20(10(3)4,11(5,6)7)18-19(16,17)12(13,14)15/h9-10H,8H2,1-7H3. The maximum absolute atomic E-state index is 12.7. The molecule has 3 nitrogen and oxygen atoms in total. The molecule has 0 aliphatic carbocycles. The molecule has 1 atom stereocenters. The Labute approximate surface area is 121 Å². The van der Waals surface area contributed by atoms with Crippen molar-refractivity contribution in [2.45, 2.75) is 70.6 Å². The Hall–Kier alpha value is -0.0831. The molecule has 0 fully saturated rings. The summed E-state index contributed by atoms with van der Waals surface area (Å²) in [5.41, 5.74) is -5.62. The third-order valence-electron chi connectivity index (χ3n) is 3.46. The number of hydrogen-bond donors (Lipinski definition) is 0. The van der Waals surface area contributed by atoms with Crippen molar-refractivity contribution in [2.24, 2.45) is 5.92 Å². The first-order valence-corrected chi connectivity index (χ1v) is 10.2. The van der Waals surface area contributed by atoms with E-state index in [-0.39, 0.29) is 11.5 Å². The molecule has 0 bridgehead atoms. The Morgan fingerprint density at radius 3 is 1.65 bits per heavy atom. The van der Waals surface area contributed by atoms with Crippen LogP contribution in [0.15, 0.2) is 0 Å². The molecule has 0 aromatic heterocycles. The van der Waals surface area contributed by atoms with E-state index < -0.39 is 29.0 Å². The van der Waals surface area contributed by atoms with Crippen molar-refractivity contribution in [1.82, 2.24) is 0 Å². The van der Waals surface area contributed by atoms with Gasteiger partial charge in [-0.05, 0) is 22.5 Å². The van der Waals surface area contributed by atoms with E-state index in [0.717, 1.165) is 0 Å². The summed E-state index contributed by atoms with van der Waals surface area (Å²) in [6.07, 6.45) is 0. The van der Waals surface area contributed by atoms with Crippen LogP contribution in [0.3, 0.4) is 0 Å². The lowest BCUT2D eigenvalue weighted by Gasteiger charge is -2.45.